The zero-order valence-electron chi connectivity index (χ0n) is 13.4. The minimum absolute atomic E-state index is 0.00244. The second kappa shape index (κ2) is 7.40. The van der Waals surface area contributed by atoms with Crippen molar-refractivity contribution in [3.05, 3.63) is 52.8 Å². The van der Waals surface area contributed by atoms with E-state index in [1.54, 1.807) is 6.20 Å². The SMILES string of the molecule is CC(C)Oc1ncc(-c2cc(CBr)nn2Cc2ccccc2Cl)o1. The molecule has 0 saturated carbocycles. The average molecular weight is 411 g/mol. The van der Waals surface area contributed by atoms with Gasteiger partial charge in [-0.05, 0) is 31.5 Å². The zero-order valence-corrected chi connectivity index (χ0v) is 15.7. The van der Waals surface area contributed by atoms with Crippen LogP contribution in [0.3, 0.4) is 0 Å². The third kappa shape index (κ3) is 3.82. The number of rotatable bonds is 6. The van der Waals surface area contributed by atoms with E-state index in [4.69, 9.17) is 20.8 Å². The summed E-state index contributed by atoms with van der Waals surface area (Å²) in [5.74, 6) is 0.609. The van der Waals surface area contributed by atoms with Gasteiger partial charge in [0.25, 0.3) is 0 Å². The topological polar surface area (TPSA) is 53.1 Å². The van der Waals surface area contributed by atoms with Crippen molar-refractivity contribution in [1.29, 1.82) is 0 Å². The van der Waals surface area contributed by atoms with Gasteiger partial charge >= 0.3 is 6.08 Å². The van der Waals surface area contributed by atoms with E-state index in [1.165, 1.54) is 0 Å². The lowest BCUT2D eigenvalue weighted by Crippen LogP contribution is -2.05. The van der Waals surface area contributed by atoms with E-state index in [-0.39, 0.29) is 12.2 Å². The Hall–Kier alpha value is -1.79. The van der Waals surface area contributed by atoms with Crippen molar-refractivity contribution in [3.63, 3.8) is 0 Å². The van der Waals surface area contributed by atoms with Crippen LogP contribution in [0.5, 0.6) is 6.08 Å². The van der Waals surface area contributed by atoms with Gasteiger partial charge in [0.15, 0.2) is 5.76 Å². The highest BCUT2D eigenvalue weighted by atomic mass is 79.9. The van der Waals surface area contributed by atoms with Crippen LogP contribution in [0.2, 0.25) is 5.02 Å². The lowest BCUT2D eigenvalue weighted by atomic mass is 10.2. The van der Waals surface area contributed by atoms with Crippen LogP contribution in [0.25, 0.3) is 11.5 Å². The number of hydrogen-bond donors (Lipinski definition) is 0. The van der Waals surface area contributed by atoms with Crippen LogP contribution < -0.4 is 4.74 Å². The Morgan fingerprint density at radius 2 is 2.12 bits per heavy atom. The molecule has 0 spiro atoms. The van der Waals surface area contributed by atoms with Crippen molar-refractivity contribution < 1.29 is 9.15 Å². The highest BCUT2D eigenvalue weighted by molar-refractivity contribution is 9.08. The van der Waals surface area contributed by atoms with Gasteiger partial charge in [-0.15, -0.1) is 0 Å². The van der Waals surface area contributed by atoms with Crippen LogP contribution in [0.1, 0.15) is 25.1 Å². The molecule has 2 heterocycles. The van der Waals surface area contributed by atoms with Gasteiger partial charge in [-0.25, -0.2) is 0 Å². The number of ether oxygens (including phenoxy) is 1. The number of benzene rings is 1. The molecule has 0 saturated heterocycles. The van der Waals surface area contributed by atoms with Crippen LogP contribution in [0.15, 0.2) is 40.9 Å². The minimum atomic E-state index is 0.00244. The molecule has 0 aliphatic heterocycles. The molecule has 0 aliphatic carbocycles. The Kier molecular flexibility index (Phi) is 5.26. The first-order valence-electron chi connectivity index (χ1n) is 7.55. The summed E-state index contributed by atoms with van der Waals surface area (Å²) >= 11 is 9.71. The lowest BCUT2D eigenvalue weighted by molar-refractivity contribution is 0.177. The summed E-state index contributed by atoms with van der Waals surface area (Å²) in [6, 6.07) is 9.68. The number of halogens is 2. The summed E-state index contributed by atoms with van der Waals surface area (Å²) in [6.07, 6.45) is 1.91. The normalized spacial score (nSPS) is 11.2. The fourth-order valence-corrected chi connectivity index (χ4v) is 2.74. The number of hydrogen-bond acceptors (Lipinski definition) is 4. The Bertz CT molecular complexity index is 829. The van der Waals surface area contributed by atoms with Crippen molar-refractivity contribution >= 4 is 27.5 Å². The molecule has 2 aromatic heterocycles. The maximum atomic E-state index is 6.27. The number of alkyl halides is 1. The average Bonchev–Trinajstić information content (AvgIpc) is 3.15. The highest BCUT2D eigenvalue weighted by Gasteiger charge is 2.16. The molecule has 0 fully saturated rings. The molecule has 5 nitrogen and oxygen atoms in total. The second-order valence-corrected chi connectivity index (χ2v) is 6.53. The molecule has 0 radical (unpaired) electrons. The largest absolute Gasteiger partial charge is 0.447 e. The lowest BCUT2D eigenvalue weighted by Gasteiger charge is -2.07. The smallest absolute Gasteiger partial charge is 0.394 e. The Morgan fingerprint density at radius 1 is 1.33 bits per heavy atom. The molecule has 126 valence electrons. The molecule has 0 atom stereocenters. The van der Waals surface area contributed by atoms with Gasteiger partial charge in [0.2, 0.25) is 0 Å². The zero-order chi connectivity index (χ0) is 17.1. The highest BCUT2D eigenvalue weighted by Crippen LogP contribution is 2.27. The van der Waals surface area contributed by atoms with E-state index in [0.717, 1.165) is 17.0 Å². The maximum absolute atomic E-state index is 6.27. The van der Waals surface area contributed by atoms with E-state index in [2.05, 4.69) is 26.0 Å². The molecule has 0 N–H and O–H groups in total. The fraction of sp³-hybridized carbons (Fsp3) is 0.294. The molecule has 1 aromatic carbocycles. The minimum Gasteiger partial charge on any atom is -0.447 e. The predicted octanol–water partition coefficient (Wildman–Crippen LogP) is 4.92. The number of aromatic nitrogens is 3. The van der Waals surface area contributed by atoms with Crippen LogP contribution in [-0.2, 0) is 11.9 Å². The maximum Gasteiger partial charge on any atom is 0.394 e. The van der Waals surface area contributed by atoms with Gasteiger partial charge in [0, 0.05) is 10.4 Å². The Labute approximate surface area is 153 Å². The van der Waals surface area contributed by atoms with Crippen molar-refractivity contribution in [2.75, 3.05) is 0 Å². The summed E-state index contributed by atoms with van der Waals surface area (Å²) < 4.78 is 13.1. The van der Waals surface area contributed by atoms with Gasteiger partial charge in [0.1, 0.15) is 5.69 Å². The molecular weight excluding hydrogens is 394 g/mol. The Morgan fingerprint density at radius 3 is 2.83 bits per heavy atom. The summed E-state index contributed by atoms with van der Waals surface area (Å²) in [6.45, 7) is 4.39. The van der Waals surface area contributed by atoms with Gasteiger partial charge in [0.05, 0.1) is 24.5 Å². The summed E-state index contributed by atoms with van der Waals surface area (Å²) in [7, 11) is 0. The van der Waals surface area contributed by atoms with Gasteiger partial charge in [-0.2, -0.15) is 10.1 Å². The summed E-state index contributed by atoms with van der Waals surface area (Å²) in [5, 5.41) is 5.96. The van der Waals surface area contributed by atoms with Gasteiger partial charge in [-0.1, -0.05) is 45.7 Å². The van der Waals surface area contributed by atoms with Crippen LogP contribution >= 0.6 is 27.5 Å². The number of nitrogens with zero attached hydrogens (tertiary/aromatic N) is 3. The molecule has 7 heteroatoms. The molecular formula is C17H17BrClN3O2. The predicted molar refractivity (Wildman–Crippen MR) is 96.7 cm³/mol. The third-order valence-electron chi connectivity index (χ3n) is 3.32. The molecule has 0 amide bonds. The van der Waals surface area contributed by atoms with Gasteiger partial charge < -0.3 is 9.15 Å². The first-order valence-corrected chi connectivity index (χ1v) is 9.05. The standard InChI is InChI=1S/C17H17BrClN3O2/c1-11(2)23-17-20-9-16(24-17)15-7-13(8-18)21-22(15)10-12-5-3-4-6-14(12)19/h3-7,9,11H,8,10H2,1-2H3. The molecule has 3 rings (SSSR count). The van der Waals surface area contributed by atoms with Crippen LogP contribution in [0, 0.1) is 0 Å². The fourth-order valence-electron chi connectivity index (χ4n) is 2.27. The molecule has 0 unspecified atom stereocenters. The third-order valence-corrected chi connectivity index (χ3v) is 4.26. The van der Waals surface area contributed by atoms with E-state index in [9.17, 15) is 0 Å². The van der Waals surface area contributed by atoms with E-state index in [0.29, 0.717) is 22.7 Å². The van der Waals surface area contributed by atoms with E-state index >= 15 is 0 Å². The van der Waals surface area contributed by atoms with E-state index in [1.807, 2.05) is 48.9 Å². The molecule has 24 heavy (non-hydrogen) atoms. The van der Waals surface area contributed by atoms with Crippen molar-refractivity contribution in [2.24, 2.45) is 0 Å². The van der Waals surface area contributed by atoms with Crippen LogP contribution in [-0.4, -0.2) is 20.9 Å². The monoisotopic (exact) mass is 409 g/mol. The van der Waals surface area contributed by atoms with Gasteiger partial charge in [-0.3, -0.25) is 4.68 Å². The Balaban J connectivity index is 1.94. The van der Waals surface area contributed by atoms with Crippen molar-refractivity contribution in [2.45, 2.75) is 31.8 Å². The summed E-state index contributed by atoms with van der Waals surface area (Å²) in [5.41, 5.74) is 2.72. The van der Waals surface area contributed by atoms with Crippen molar-refractivity contribution in [3.8, 4) is 17.5 Å². The first kappa shape index (κ1) is 17.0. The number of oxazole rings is 1. The van der Waals surface area contributed by atoms with E-state index < -0.39 is 0 Å². The summed E-state index contributed by atoms with van der Waals surface area (Å²) in [4.78, 5) is 4.17. The quantitative estimate of drug-likeness (QED) is 0.541. The second-order valence-electron chi connectivity index (χ2n) is 5.56. The molecule has 0 aliphatic rings. The molecule has 0 bridgehead atoms. The van der Waals surface area contributed by atoms with Crippen LogP contribution in [0.4, 0.5) is 0 Å². The molecule has 3 aromatic rings. The van der Waals surface area contributed by atoms with Crippen molar-refractivity contribution in [1.82, 2.24) is 14.8 Å². The first-order chi connectivity index (χ1) is 11.6.